The van der Waals surface area contributed by atoms with Crippen molar-refractivity contribution in [1.82, 2.24) is 0 Å². The predicted octanol–water partition coefficient (Wildman–Crippen LogP) is 5.39. The number of unbranched alkanes of at least 4 members (excludes halogenated alkanes) is 1. The van der Waals surface area contributed by atoms with Crippen LogP contribution in [0, 0.1) is 0 Å². The molecule has 2 rings (SSSR count). The Balaban J connectivity index is 1.94. The van der Waals surface area contributed by atoms with Gasteiger partial charge in [-0.15, -0.1) is 0 Å². The summed E-state index contributed by atoms with van der Waals surface area (Å²) in [4.78, 5) is 12.5. The molecular formula is C22H29NO2. The highest BCUT2D eigenvalue weighted by molar-refractivity contribution is 5.94. The maximum absolute atomic E-state index is 12.5. The molecule has 0 heterocycles. The minimum atomic E-state index is -0.493. The van der Waals surface area contributed by atoms with Crippen LogP contribution in [0.2, 0.25) is 0 Å². The van der Waals surface area contributed by atoms with E-state index in [4.69, 9.17) is 4.74 Å². The molecule has 0 bridgehead atoms. The molecule has 1 atom stereocenters. The summed E-state index contributed by atoms with van der Waals surface area (Å²) in [6.45, 7) is 6.26. The quantitative estimate of drug-likeness (QED) is 0.665. The molecule has 0 unspecified atom stereocenters. The number of nitrogens with one attached hydrogen (secondary N) is 1. The molecule has 0 saturated carbocycles. The highest BCUT2D eigenvalue weighted by Gasteiger charge is 2.18. The molecule has 0 aliphatic carbocycles. The Morgan fingerprint density at radius 1 is 0.960 bits per heavy atom. The fraction of sp³-hybridized carbons (Fsp3) is 0.409. The molecule has 0 aromatic heterocycles. The number of amides is 1. The number of benzene rings is 2. The van der Waals surface area contributed by atoms with Crippen LogP contribution in [-0.4, -0.2) is 12.0 Å². The third-order valence-corrected chi connectivity index (χ3v) is 4.31. The third kappa shape index (κ3) is 5.93. The lowest BCUT2D eigenvalue weighted by atomic mass is 10.1. The summed E-state index contributed by atoms with van der Waals surface area (Å²) in [5.74, 6) is 0.623. The molecule has 134 valence electrons. The zero-order chi connectivity index (χ0) is 18.1. The van der Waals surface area contributed by atoms with Crippen LogP contribution in [0.1, 0.15) is 51.2 Å². The largest absolute Gasteiger partial charge is 0.481 e. The van der Waals surface area contributed by atoms with Crippen molar-refractivity contribution in [2.45, 2.75) is 59.0 Å². The minimum Gasteiger partial charge on any atom is -0.481 e. The molecule has 0 aliphatic heterocycles. The van der Waals surface area contributed by atoms with Gasteiger partial charge < -0.3 is 10.1 Å². The summed E-state index contributed by atoms with van der Waals surface area (Å²) in [5, 5.41) is 2.96. The van der Waals surface area contributed by atoms with Crippen molar-refractivity contribution in [3.63, 3.8) is 0 Å². The van der Waals surface area contributed by atoms with E-state index < -0.39 is 6.10 Å². The fourth-order valence-electron chi connectivity index (χ4n) is 2.65. The summed E-state index contributed by atoms with van der Waals surface area (Å²) in [6.07, 6.45) is 4.58. The van der Waals surface area contributed by atoms with Crippen molar-refractivity contribution in [3.8, 4) is 5.75 Å². The number of anilines is 1. The lowest BCUT2D eigenvalue weighted by Crippen LogP contribution is -2.32. The van der Waals surface area contributed by atoms with Gasteiger partial charge >= 0.3 is 0 Å². The number of carbonyl (C=O) groups excluding carboxylic acids is 1. The molecule has 3 heteroatoms. The number of hydrogen-bond donors (Lipinski definition) is 1. The summed E-state index contributed by atoms with van der Waals surface area (Å²) in [5.41, 5.74) is 3.38. The molecule has 25 heavy (non-hydrogen) atoms. The second-order valence-electron chi connectivity index (χ2n) is 6.30. The molecule has 0 fully saturated rings. The van der Waals surface area contributed by atoms with E-state index in [9.17, 15) is 4.79 Å². The van der Waals surface area contributed by atoms with Crippen LogP contribution in [0.4, 0.5) is 5.69 Å². The SMILES string of the molecule is CCCCc1ccc(NC(=O)[C@@H](CC)Oc2ccc(CC)cc2)cc1. The van der Waals surface area contributed by atoms with Crippen LogP contribution >= 0.6 is 0 Å². The standard InChI is InChI=1S/C22H29NO2/c1-4-7-8-18-9-13-19(14-10-18)23-22(24)21(6-3)25-20-15-11-17(5-2)12-16-20/h9-16,21H,4-8H2,1-3H3,(H,23,24)/t21-/m1/s1. The lowest BCUT2D eigenvalue weighted by Gasteiger charge is -2.17. The van der Waals surface area contributed by atoms with E-state index in [-0.39, 0.29) is 5.91 Å². The van der Waals surface area contributed by atoms with Gasteiger partial charge in [-0.25, -0.2) is 0 Å². The highest BCUT2D eigenvalue weighted by Crippen LogP contribution is 2.17. The summed E-state index contributed by atoms with van der Waals surface area (Å²) < 4.78 is 5.86. The van der Waals surface area contributed by atoms with Gasteiger partial charge in [0.1, 0.15) is 5.75 Å². The van der Waals surface area contributed by atoms with Gasteiger partial charge in [-0.3, -0.25) is 4.79 Å². The average molecular weight is 339 g/mol. The fourth-order valence-corrected chi connectivity index (χ4v) is 2.65. The predicted molar refractivity (Wildman–Crippen MR) is 104 cm³/mol. The van der Waals surface area contributed by atoms with Crippen LogP contribution in [0.25, 0.3) is 0 Å². The number of rotatable bonds is 9. The Labute approximate surface area is 151 Å². The number of ether oxygens (including phenoxy) is 1. The minimum absolute atomic E-state index is 0.108. The first kappa shape index (κ1) is 19.0. The van der Waals surface area contributed by atoms with Crippen LogP contribution in [0.5, 0.6) is 5.75 Å². The van der Waals surface area contributed by atoms with E-state index >= 15 is 0 Å². The molecule has 0 radical (unpaired) electrons. The van der Waals surface area contributed by atoms with Crippen molar-refractivity contribution < 1.29 is 9.53 Å². The normalized spacial score (nSPS) is 11.8. The van der Waals surface area contributed by atoms with E-state index in [1.807, 2.05) is 43.3 Å². The second-order valence-corrected chi connectivity index (χ2v) is 6.30. The molecule has 0 spiro atoms. The Morgan fingerprint density at radius 2 is 1.60 bits per heavy atom. The van der Waals surface area contributed by atoms with E-state index in [1.165, 1.54) is 24.0 Å². The molecule has 2 aromatic carbocycles. The molecule has 1 N–H and O–H groups in total. The Hall–Kier alpha value is -2.29. The van der Waals surface area contributed by atoms with Gasteiger partial charge in [-0.1, -0.05) is 51.5 Å². The first-order valence-corrected chi connectivity index (χ1v) is 9.31. The first-order valence-electron chi connectivity index (χ1n) is 9.31. The van der Waals surface area contributed by atoms with Gasteiger partial charge in [-0.05, 0) is 61.1 Å². The van der Waals surface area contributed by atoms with E-state index in [2.05, 4.69) is 31.3 Å². The molecule has 3 nitrogen and oxygen atoms in total. The van der Waals surface area contributed by atoms with Crippen LogP contribution in [-0.2, 0) is 17.6 Å². The number of carbonyl (C=O) groups is 1. The van der Waals surface area contributed by atoms with Gasteiger partial charge in [0.25, 0.3) is 5.91 Å². The van der Waals surface area contributed by atoms with Gasteiger partial charge in [-0.2, -0.15) is 0 Å². The molecule has 2 aromatic rings. The van der Waals surface area contributed by atoms with E-state index in [1.54, 1.807) is 0 Å². The van der Waals surface area contributed by atoms with E-state index in [0.717, 1.165) is 24.3 Å². The van der Waals surface area contributed by atoms with Gasteiger partial charge in [0.15, 0.2) is 6.10 Å². The summed E-state index contributed by atoms with van der Waals surface area (Å²) >= 11 is 0. The van der Waals surface area contributed by atoms with Crippen molar-refractivity contribution in [1.29, 1.82) is 0 Å². The summed E-state index contributed by atoms with van der Waals surface area (Å²) in [7, 11) is 0. The maximum Gasteiger partial charge on any atom is 0.265 e. The molecule has 1 amide bonds. The zero-order valence-corrected chi connectivity index (χ0v) is 15.5. The van der Waals surface area contributed by atoms with Crippen molar-refractivity contribution >= 4 is 11.6 Å². The molecular weight excluding hydrogens is 310 g/mol. The number of hydrogen-bond acceptors (Lipinski definition) is 2. The van der Waals surface area contributed by atoms with Crippen LogP contribution in [0.15, 0.2) is 48.5 Å². The average Bonchev–Trinajstić information content (AvgIpc) is 2.66. The zero-order valence-electron chi connectivity index (χ0n) is 15.5. The van der Waals surface area contributed by atoms with Crippen molar-refractivity contribution in [2.75, 3.05) is 5.32 Å². The van der Waals surface area contributed by atoms with Gasteiger partial charge in [0, 0.05) is 5.69 Å². The van der Waals surface area contributed by atoms with Crippen molar-refractivity contribution in [3.05, 3.63) is 59.7 Å². The topological polar surface area (TPSA) is 38.3 Å². The molecule has 0 saturated heterocycles. The van der Waals surface area contributed by atoms with Gasteiger partial charge in [0.05, 0.1) is 0 Å². The van der Waals surface area contributed by atoms with E-state index in [0.29, 0.717) is 6.42 Å². The van der Waals surface area contributed by atoms with Crippen LogP contribution < -0.4 is 10.1 Å². The Bertz CT molecular complexity index is 647. The van der Waals surface area contributed by atoms with Crippen LogP contribution in [0.3, 0.4) is 0 Å². The number of aryl methyl sites for hydroxylation is 2. The third-order valence-electron chi connectivity index (χ3n) is 4.31. The van der Waals surface area contributed by atoms with Crippen molar-refractivity contribution in [2.24, 2.45) is 0 Å². The monoisotopic (exact) mass is 339 g/mol. The first-order chi connectivity index (χ1) is 12.2. The Morgan fingerprint density at radius 3 is 2.16 bits per heavy atom. The summed E-state index contributed by atoms with van der Waals surface area (Å²) in [6, 6.07) is 16.0. The Kier molecular flexibility index (Phi) is 7.52. The second kappa shape index (κ2) is 9.87. The molecule has 0 aliphatic rings. The van der Waals surface area contributed by atoms with Gasteiger partial charge in [0.2, 0.25) is 0 Å². The lowest BCUT2D eigenvalue weighted by molar-refractivity contribution is -0.122. The maximum atomic E-state index is 12.5. The smallest absolute Gasteiger partial charge is 0.265 e. The highest BCUT2D eigenvalue weighted by atomic mass is 16.5.